The molecule has 0 saturated carbocycles. The highest BCUT2D eigenvalue weighted by Crippen LogP contribution is 2.24. The smallest absolute Gasteiger partial charge is 0.161 e. The minimum atomic E-state index is 0.245. The van der Waals surface area contributed by atoms with E-state index in [1.54, 1.807) is 18.3 Å². The summed E-state index contributed by atoms with van der Waals surface area (Å²) in [5.41, 5.74) is 7.62. The van der Waals surface area contributed by atoms with Gasteiger partial charge in [0, 0.05) is 17.8 Å². The van der Waals surface area contributed by atoms with Gasteiger partial charge < -0.3 is 16.2 Å². The Labute approximate surface area is 130 Å². The predicted molar refractivity (Wildman–Crippen MR) is 87.5 cm³/mol. The molecule has 0 aliphatic carbocycles. The summed E-state index contributed by atoms with van der Waals surface area (Å²) in [7, 11) is 0. The number of phenols is 1. The molecule has 0 radical (unpaired) electrons. The van der Waals surface area contributed by atoms with Gasteiger partial charge in [0.1, 0.15) is 11.6 Å². The van der Waals surface area contributed by atoms with Crippen LogP contribution in [0.2, 0.25) is 0 Å². The molecule has 0 bridgehead atoms. The Morgan fingerprint density at radius 1 is 1.27 bits per heavy atom. The van der Waals surface area contributed by atoms with Crippen LogP contribution in [-0.4, -0.2) is 27.7 Å². The van der Waals surface area contributed by atoms with Crippen LogP contribution in [-0.2, 0) is 6.42 Å². The van der Waals surface area contributed by atoms with Gasteiger partial charge in [-0.2, -0.15) is 0 Å². The van der Waals surface area contributed by atoms with Gasteiger partial charge in [0.2, 0.25) is 0 Å². The van der Waals surface area contributed by atoms with E-state index in [9.17, 15) is 5.11 Å². The van der Waals surface area contributed by atoms with E-state index >= 15 is 0 Å². The minimum Gasteiger partial charge on any atom is -0.508 e. The van der Waals surface area contributed by atoms with Gasteiger partial charge >= 0.3 is 0 Å². The predicted octanol–water partition coefficient (Wildman–Crippen LogP) is 2.51. The maximum absolute atomic E-state index is 9.96. The standard InChI is InChI=1S/C17H22N4O/c18-16-6-8-20-17(21-16)13-9-12(10-15(22)11-13)4-5-14-3-1-2-7-19-14/h6,8-11,14,19,22H,1-5,7H2,(H2,18,20,21)/t14-/m0/s1. The van der Waals surface area contributed by atoms with Crippen LogP contribution in [0, 0.1) is 0 Å². The number of anilines is 1. The summed E-state index contributed by atoms with van der Waals surface area (Å²) in [5.74, 6) is 1.23. The summed E-state index contributed by atoms with van der Waals surface area (Å²) in [5, 5.41) is 13.5. The molecular formula is C17H22N4O. The lowest BCUT2D eigenvalue weighted by atomic mass is 9.97. The number of nitrogens with zero attached hydrogens (tertiary/aromatic N) is 2. The average Bonchev–Trinajstić information content (AvgIpc) is 2.53. The van der Waals surface area contributed by atoms with Crippen LogP contribution in [0.3, 0.4) is 0 Å². The Hall–Kier alpha value is -2.14. The number of nitrogens with one attached hydrogen (secondary N) is 1. The van der Waals surface area contributed by atoms with Gasteiger partial charge in [0.05, 0.1) is 0 Å². The van der Waals surface area contributed by atoms with E-state index in [2.05, 4.69) is 15.3 Å². The summed E-state index contributed by atoms with van der Waals surface area (Å²) in [6.07, 6.45) is 7.47. The van der Waals surface area contributed by atoms with E-state index < -0.39 is 0 Å². The topological polar surface area (TPSA) is 84.1 Å². The number of nitrogen functional groups attached to an aromatic ring is 1. The van der Waals surface area contributed by atoms with Crippen molar-refractivity contribution in [3.8, 4) is 17.1 Å². The molecule has 2 heterocycles. The molecule has 3 rings (SSSR count). The van der Waals surface area contributed by atoms with Crippen molar-refractivity contribution < 1.29 is 5.11 Å². The Morgan fingerprint density at radius 2 is 2.18 bits per heavy atom. The third kappa shape index (κ3) is 3.74. The van der Waals surface area contributed by atoms with Crippen molar-refractivity contribution in [3.63, 3.8) is 0 Å². The molecule has 5 heteroatoms. The summed E-state index contributed by atoms with van der Waals surface area (Å²) in [4.78, 5) is 8.45. The second kappa shape index (κ2) is 6.75. The van der Waals surface area contributed by atoms with E-state index in [1.807, 2.05) is 12.1 Å². The Balaban J connectivity index is 1.74. The Kier molecular flexibility index (Phi) is 4.53. The van der Waals surface area contributed by atoms with Gasteiger partial charge in [-0.3, -0.25) is 0 Å². The number of hydrogen-bond acceptors (Lipinski definition) is 5. The summed E-state index contributed by atoms with van der Waals surface area (Å²) >= 11 is 0. The van der Waals surface area contributed by atoms with Crippen molar-refractivity contribution in [3.05, 3.63) is 36.0 Å². The third-order valence-corrected chi connectivity index (χ3v) is 4.11. The molecule has 116 valence electrons. The summed E-state index contributed by atoms with van der Waals surface area (Å²) in [6.45, 7) is 1.12. The first kappa shape index (κ1) is 14.8. The number of piperidine rings is 1. The van der Waals surface area contributed by atoms with Crippen LogP contribution in [0.1, 0.15) is 31.2 Å². The van der Waals surface area contributed by atoms with Crippen LogP contribution in [0.25, 0.3) is 11.4 Å². The molecular weight excluding hydrogens is 276 g/mol. The van der Waals surface area contributed by atoms with Crippen LogP contribution in [0.4, 0.5) is 5.82 Å². The fraction of sp³-hybridized carbons (Fsp3) is 0.412. The van der Waals surface area contributed by atoms with Crippen molar-refractivity contribution in [2.24, 2.45) is 0 Å². The van der Waals surface area contributed by atoms with Gasteiger partial charge in [0.25, 0.3) is 0 Å². The maximum Gasteiger partial charge on any atom is 0.161 e. The molecule has 1 saturated heterocycles. The highest BCUT2D eigenvalue weighted by Gasteiger charge is 2.13. The molecule has 0 amide bonds. The van der Waals surface area contributed by atoms with Gasteiger partial charge in [-0.15, -0.1) is 0 Å². The molecule has 1 aliphatic heterocycles. The number of benzene rings is 1. The zero-order valence-electron chi connectivity index (χ0n) is 12.6. The Morgan fingerprint density at radius 3 is 2.95 bits per heavy atom. The van der Waals surface area contributed by atoms with Crippen LogP contribution >= 0.6 is 0 Å². The molecule has 1 fully saturated rings. The lowest BCUT2D eigenvalue weighted by molar-refractivity contribution is 0.382. The second-order valence-corrected chi connectivity index (χ2v) is 5.88. The zero-order chi connectivity index (χ0) is 15.4. The first-order valence-electron chi connectivity index (χ1n) is 7.86. The molecule has 0 unspecified atom stereocenters. The van der Waals surface area contributed by atoms with Gasteiger partial charge in [-0.1, -0.05) is 6.42 Å². The van der Waals surface area contributed by atoms with E-state index in [0.29, 0.717) is 17.7 Å². The van der Waals surface area contributed by atoms with Crippen molar-refractivity contribution in [2.45, 2.75) is 38.1 Å². The van der Waals surface area contributed by atoms with E-state index in [0.717, 1.165) is 30.5 Å². The SMILES string of the molecule is Nc1ccnc(-c2cc(O)cc(CC[C@@H]3CCCCN3)c2)n1. The second-order valence-electron chi connectivity index (χ2n) is 5.88. The van der Waals surface area contributed by atoms with E-state index in [4.69, 9.17) is 5.73 Å². The molecule has 2 aromatic rings. The van der Waals surface area contributed by atoms with Crippen LogP contribution in [0.5, 0.6) is 5.75 Å². The number of phenolic OH excluding ortho intramolecular Hbond substituents is 1. The molecule has 1 aliphatic rings. The monoisotopic (exact) mass is 298 g/mol. The first-order chi connectivity index (χ1) is 10.7. The molecule has 1 aromatic heterocycles. The van der Waals surface area contributed by atoms with Crippen LogP contribution < -0.4 is 11.1 Å². The number of rotatable bonds is 4. The van der Waals surface area contributed by atoms with E-state index in [-0.39, 0.29) is 5.75 Å². The highest BCUT2D eigenvalue weighted by molar-refractivity contribution is 5.60. The average molecular weight is 298 g/mol. The van der Waals surface area contributed by atoms with Gasteiger partial charge in [-0.25, -0.2) is 9.97 Å². The number of aromatic nitrogens is 2. The minimum absolute atomic E-state index is 0.245. The molecule has 5 nitrogen and oxygen atoms in total. The Bertz CT molecular complexity index is 638. The fourth-order valence-corrected chi connectivity index (χ4v) is 2.97. The number of aromatic hydroxyl groups is 1. The van der Waals surface area contributed by atoms with Crippen molar-refractivity contribution in [2.75, 3.05) is 12.3 Å². The molecule has 1 atom stereocenters. The van der Waals surface area contributed by atoms with Gasteiger partial charge in [-0.05, 0) is 62.1 Å². The fourth-order valence-electron chi connectivity index (χ4n) is 2.97. The normalized spacial score (nSPS) is 18.3. The summed E-state index contributed by atoms with van der Waals surface area (Å²) in [6, 6.07) is 7.78. The summed E-state index contributed by atoms with van der Waals surface area (Å²) < 4.78 is 0. The third-order valence-electron chi connectivity index (χ3n) is 4.11. The quantitative estimate of drug-likeness (QED) is 0.807. The largest absolute Gasteiger partial charge is 0.508 e. The first-order valence-corrected chi connectivity index (χ1v) is 7.86. The van der Waals surface area contributed by atoms with Crippen molar-refractivity contribution >= 4 is 5.82 Å². The lowest BCUT2D eigenvalue weighted by Crippen LogP contribution is -2.34. The van der Waals surface area contributed by atoms with Crippen molar-refractivity contribution in [1.82, 2.24) is 15.3 Å². The maximum atomic E-state index is 9.96. The highest BCUT2D eigenvalue weighted by atomic mass is 16.3. The molecule has 22 heavy (non-hydrogen) atoms. The lowest BCUT2D eigenvalue weighted by Gasteiger charge is -2.23. The van der Waals surface area contributed by atoms with E-state index in [1.165, 1.54) is 19.3 Å². The van der Waals surface area contributed by atoms with Gasteiger partial charge in [0.15, 0.2) is 5.82 Å². The van der Waals surface area contributed by atoms with Crippen LogP contribution in [0.15, 0.2) is 30.5 Å². The zero-order valence-corrected chi connectivity index (χ0v) is 12.6. The molecule has 0 spiro atoms. The van der Waals surface area contributed by atoms with Crippen molar-refractivity contribution in [1.29, 1.82) is 0 Å². The number of hydrogen-bond donors (Lipinski definition) is 3. The number of nitrogens with two attached hydrogens (primary N) is 1. The molecule has 4 N–H and O–H groups in total. The molecule has 1 aromatic carbocycles. The number of aryl methyl sites for hydroxylation is 1.